The first-order valence-electron chi connectivity index (χ1n) is 7.39. The second-order valence-corrected chi connectivity index (χ2v) is 4.80. The minimum Gasteiger partial charge on any atom is -0.493 e. The average molecular weight is 265 g/mol. The number of unbranched alkanes of at least 4 members (excludes halogenated alkanes) is 4. The van der Waals surface area contributed by atoms with Crippen LogP contribution in [0.2, 0.25) is 0 Å². The molecule has 2 N–H and O–H groups in total. The molecule has 0 saturated carbocycles. The summed E-state index contributed by atoms with van der Waals surface area (Å²) in [5.74, 6) is 0.833. The Bertz CT molecular complexity index is 328. The lowest BCUT2D eigenvalue weighted by Gasteiger charge is -2.07. The molecule has 0 spiro atoms. The number of benzene rings is 1. The molecule has 0 aromatic heterocycles. The van der Waals surface area contributed by atoms with Crippen LogP contribution in [0.5, 0.6) is 5.75 Å². The first-order chi connectivity index (χ1) is 9.33. The van der Waals surface area contributed by atoms with Gasteiger partial charge < -0.3 is 15.2 Å². The summed E-state index contributed by atoms with van der Waals surface area (Å²) in [6.45, 7) is 4.56. The van der Waals surface area contributed by atoms with Gasteiger partial charge in [0.2, 0.25) is 0 Å². The zero-order valence-corrected chi connectivity index (χ0v) is 12.1. The molecule has 1 rings (SSSR count). The van der Waals surface area contributed by atoms with E-state index in [2.05, 4.69) is 6.92 Å². The lowest BCUT2D eigenvalue weighted by Crippen LogP contribution is -2.04. The van der Waals surface area contributed by atoms with Crippen molar-refractivity contribution in [3.05, 3.63) is 24.3 Å². The number of rotatable bonds is 11. The molecule has 0 unspecified atom stereocenters. The lowest BCUT2D eigenvalue weighted by molar-refractivity contribution is 0.116. The third-order valence-corrected chi connectivity index (χ3v) is 2.95. The van der Waals surface area contributed by atoms with Gasteiger partial charge in [-0.25, -0.2) is 0 Å². The standard InChI is InChI=1S/C16H27NO2/c1-2-3-4-5-6-11-18-12-8-13-19-16-10-7-9-15(17)14-16/h7,9-10,14H,2-6,8,11-13,17H2,1H3. The van der Waals surface area contributed by atoms with E-state index in [9.17, 15) is 0 Å². The number of hydrogen-bond acceptors (Lipinski definition) is 3. The smallest absolute Gasteiger partial charge is 0.121 e. The Morgan fingerprint density at radius 1 is 0.947 bits per heavy atom. The van der Waals surface area contributed by atoms with E-state index in [-0.39, 0.29) is 0 Å². The van der Waals surface area contributed by atoms with E-state index in [0.29, 0.717) is 6.61 Å². The van der Waals surface area contributed by atoms with E-state index in [4.69, 9.17) is 15.2 Å². The molecule has 19 heavy (non-hydrogen) atoms. The molecule has 3 heteroatoms. The molecule has 1 aromatic carbocycles. The molecular formula is C16H27NO2. The summed E-state index contributed by atoms with van der Waals surface area (Å²) >= 11 is 0. The number of anilines is 1. The second kappa shape index (κ2) is 10.7. The summed E-state index contributed by atoms with van der Waals surface area (Å²) < 4.78 is 11.2. The van der Waals surface area contributed by atoms with Gasteiger partial charge in [-0.05, 0) is 18.6 Å². The Morgan fingerprint density at radius 3 is 2.53 bits per heavy atom. The van der Waals surface area contributed by atoms with Crippen LogP contribution in [0.25, 0.3) is 0 Å². The Kier molecular flexibility index (Phi) is 8.90. The molecule has 0 bridgehead atoms. The van der Waals surface area contributed by atoms with Gasteiger partial charge in [-0.3, -0.25) is 0 Å². The van der Waals surface area contributed by atoms with Crippen molar-refractivity contribution in [2.24, 2.45) is 0 Å². The van der Waals surface area contributed by atoms with Gasteiger partial charge in [0.25, 0.3) is 0 Å². The van der Waals surface area contributed by atoms with Crippen molar-refractivity contribution in [3.8, 4) is 5.75 Å². The first-order valence-corrected chi connectivity index (χ1v) is 7.39. The van der Waals surface area contributed by atoms with Crippen LogP contribution >= 0.6 is 0 Å². The first kappa shape index (κ1) is 15.8. The van der Waals surface area contributed by atoms with Gasteiger partial charge in [-0.2, -0.15) is 0 Å². The van der Waals surface area contributed by atoms with Crippen molar-refractivity contribution in [2.45, 2.75) is 45.4 Å². The summed E-state index contributed by atoms with van der Waals surface area (Å²) in [4.78, 5) is 0. The highest BCUT2D eigenvalue weighted by Crippen LogP contribution is 2.14. The topological polar surface area (TPSA) is 44.5 Å². The van der Waals surface area contributed by atoms with E-state index in [0.717, 1.165) is 31.1 Å². The van der Waals surface area contributed by atoms with Gasteiger partial charge in [0.15, 0.2) is 0 Å². The Labute approximate surface area is 117 Å². The molecule has 1 aromatic rings. The zero-order valence-electron chi connectivity index (χ0n) is 12.1. The van der Waals surface area contributed by atoms with Crippen LogP contribution in [0, 0.1) is 0 Å². The lowest BCUT2D eigenvalue weighted by atomic mass is 10.2. The number of ether oxygens (including phenoxy) is 2. The predicted octanol–water partition coefficient (Wildman–Crippen LogP) is 4.02. The molecule has 108 valence electrons. The Morgan fingerprint density at radius 2 is 1.74 bits per heavy atom. The number of nitrogen functional groups attached to an aromatic ring is 1. The zero-order chi connectivity index (χ0) is 13.8. The third kappa shape index (κ3) is 8.49. The largest absolute Gasteiger partial charge is 0.493 e. The quantitative estimate of drug-likeness (QED) is 0.485. The second-order valence-electron chi connectivity index (χ2n) is 4.80. The van der Waals surface area contributed by atoms with E-state index in [1.807, 2.05) is 24.3 Å². The summed E-state index contributed by atoms with van der Waals surface area (Å²) in [6.07, 6.45) is 7.35. The van der Waals surface area contributed by atoms with Crippen molar-refractivity contribution in [1.82, 2.24) is 0 Å². The van der Waals surface area contributed by atoms with Crippen molar-refractivity contribution < 1.29 is 9.47 Å². The van der Waals surface area contributed by atoms with Crippen LogP contribution < -0.4 is 10.5 Å². The average Bonchev–Trinajstić information content (AvgIpc) is 2.41. The normalized spacial score (nSPS) is 10.6. The van der Waals surface area contributed by atoms with Crippen LogP contribution in [-0.2, 0) is 4.74 Å². The SMILES string of the molecule is CCCCCCCOCCCOc1cccc(N)c1. The number of hydrogen-bond donors (Lipinski definition) is 1. The predicted molar refractivity (Wildman–Crippen MR) is 80.5 cm³/mol. The monoisotopic (exact) mass is 265 g/mol. The molecule has 0 aliphatic rings. The van der Waals surface area contributed by atoms with Crippen molar-refractivity contribution in [2.75, 3.05) is 25.6 Å². The summed E-state index contributed by atoms with van der Waals surface area (Å²) in [7, 11) is 0. The Balaban J connectivity index is 1.89. The summed E-state index contributed by atoms with van der Waals surface area (Å²) in [5, 5.41) is 0. The van der Waals surface area contributed by atoms with E-state index in [1.54, 1.807) is 0 Å². The van der Waals surface area contributed by atoms with Crippen molar-refractivity contribution in [1.29, 1.82) is 0 Å². The Hall–Kier alpha value is -1.22. The van der Waals surface area contributed by atoms with Crippen LogP contribution in [0.4, 0.5) is 5.69 Å². The van der Waals surface area contributed by atoms with Gasteiger partial charge >= 0.3 is 0 Å². The highest BCUT2D eigenvalue weighted by Gasteiger charge is 1.95. The molecule has 0 heterocycles. The highest BCUT2D eigenvalue weighted by molar-refractivity contribution is 5.43. The fraction of sp³-hybridized carbons (Fsp3) is 0.625. The number of nitrogens with two attached hydrogens (primary N) is 1. The van der Waals surface area contributed by atoms with Crippen molar-refractivity contribution >= 4 is 5.69 Å². The maximum absolute atomic E-state index is 5.67. The minimum absolute atomic E-state index is 0.680. The summed E-state index contributed by atoms with van der Waals surface area (Å²) in [6, 6.07) is 7.52. The molecule has 0 radical (unpaired) electrons. The molecule has 0 aliphatic heterocycles. The fourth-order valence-electron chi connectivity index (χ4n) is 1.87. The molecule has 0 saturated heterocycles. The molecule has 3 nitrogen and oxygen atoms in total. The maximum Gasteiger partial charge on any atom is 0.121 e. The van der Waals surface area contributed by atoms with Gasteiger partial charge in [0.1, 0.15) is 5.75 Å². The third-order valence-electron chi connectivity index (χ3n) is 2.95. The van der Waals surface area contributed by atoms with Crippen LogP contribution in [-0.4, -0.2) is 19.8 Å². The van der Waals surface area contributed by atoms with E-state index < -0.39 is 0 Å². The highest BCUT2D eigenvalue weighted by atomic mass is 16.5. The van der Waals surface area contributed by atoms with Crippen molar-refractivity contribution in [3.63, 3.8) is 0 Å². The minimum atomic E-state index is 0.680. The molecule has 0 fully saturated rings. The van der Waals surface area contributed by atoms with Gasteiger partial charge in [-0.15, -0.1) is 0 Å². The van der Waals surface area contributed by atoms with Crippen LogP contribution in [0.3, 0.4) is 0 Å². The fourth-order valence-corrected chi connectivity index (χ4v) is 1.87. The van der Waals surface area contributed by atoms with Crippen LogP contribution in [0.15, 0.2) is 24.3 Å². The summed E-state index contributed by atoms with van der Waals surface area (Å²) in [5.41, 5.74) is 6.41. The van der Waals surface area contributed by atoms with Gasteiger partial charge in [0, 0.05) is 31.4 Å². The van der Waals surface area contributed by atoms with Gasteiger partial charge in [-0.1, -0.05) is 38.7 Å². The van der Waals surface area contributed by atoms with E-state index >= 15 is 0 Å². The van der Waals surface area contributed by atoms with Gasteiger partial charge in [0.05, 0.1) is 6.61 Å². The maximum atomic E-state index is 5.67. The molecule has 0 aliphatic carbocycles. The molecule has 0 amide bonds. The molecular weight excluding hydrogens is 238 g/mol. The van der Waals surface area contributed by atoms with E-state index in [1.165, 1.54) is 32.1 Å². The van der Waals surface area contributed by atoms with Crippen LogP contribution in [0.1, 0.15) is 45.4 Å². The molecule has 0 atom stereocenters.